The van der Waals surface area contributed by atoms with E-state index in [9.17, 15) is 13.2 Å². The van der Waals surface area contributed by atoms with Crippen molar-refractivity contribution in [1.29, 1.82) is 0 Å². The highest BCUT2D eigenvalue weighted by atomic mass is 35.5. The summed E-state index contributed by atoms with van der Waals surface area (Å²) < 4.78 is 43.6. The van der Waals surface area contributed by atoms with Gasteiger partial charge < -0.3 is 9.72 Å². The van der Waals surface area contributed by atoms with Crippen LogP contribution < -0.4 is 4.74 Å². The summed E-state index contributed by atoms with van der Waals surface area (Å²) in [5.41, 5.74) is -0.524. The lowest BCUT2D eigenvalue weighted by Gasteiger charge is -2.07. The van der Waals surface area contributed by atoms with E-state index in [-0.39, 0.29) is 23.2 Å². The number of rotatable bonds is 2. The average Bonchev–Trinajstić information content (AvgIpc) is 2.83. The van der Waals surface area contributed by atoms with Crippen LogP contribution in [0.4, 0.5) is 13.2 Å². The number of nitrogens with one attached hydrogen (secondary N) is 1. The van der Waals surface area contributed by atoms with Crippen LogP contribution >= 0.6 is 24.0 Å². The predicted octanol–water partition coefficient (Wildman–Crippen LogP) is 5.45. The Morgan fingerprint density at radius 3 is 2.41 bits per heavy atom. The fourth-order valence-electron chi connectivity index (χ4n) is 1.90. The van der Waals surface area contributed by atoms with Crippen LogP contribution in [0.2, 0.25) is 5.02 Å². The Bertz CT molecular complexity index is 788. The third-order valence-electron chi connectivity index (χ3n) is 2.86. The molecule has 116 valence electrons. The second-order valence-corrected chi connectivity index (χ2v) is 4.74. The molecule has 0 spiro atoms. The van der Waals surface area contributed by atoms with E-state index in [1.165, 1.54) is 12.1 Å². The van der Waals surface area contributed by atoms with Crippen LogP contribution in [0.1, 0.15) is 5.69 Å². The van der Waals surface area contributed by atoms with Crippen molar-refractivity contribution in [2.24, 2.45) is 0 Å². The van der Waals surface area contributed by atoms with E-state index in [1.54, 1.807) is 24.5 Å². The van der Waals surface area contributed by atoms with Crippen molar-refractivity contribution in [1.82, 2.24) is 9.97 Å². The molecular weight excluding hydrogens is 340 g/mol. The number of hydrogen-bond acceptors (Lipinski definition) is 2. The Labute approximate surface area is 134 Å². The van der Waals surface area contributed by atoms with Crippen LogP contribution in [-0.2, 0) is 6.18 Å². The molecule has 0 saturated heterocycles. The maximum absolute atomic E-state index is 12.7. The van der Waals surface area contributed by atoms with E-state index in [1.807, 2.05) is 0 Å². The highest BCUT2D eigenvalue weighted by Crippen LogP contribution is 2.36. The molecule has 3 nitrogen and oxygen atoms in total. The molecule has 0 radical (unpaired) electrons. The Morgan fingerprint density at radius 2 is 1.77 bits per heavy atom. The Hall–Kier alpha value is -1.92. The molecule has 2 aromatic heterocycles. The Kier molecular flexibility index (Phi) is 4.53. The molecule has 2 heterocycles. The van der Waals surface area contributed by atoms with Crippen molar-refractivity contribution in [3.05, 3.63) is 53.4 Å². The largest absolute Gasteiger partial charge is 0.456 e. The summed E-state index contributed by atoms with van der Waals surface area (Å²) in [6.07, 6.45) is -1.35. The SMILES string of the molecule is Cl.FC(F)(F)c1cc2cc(Oc3ccncc3)c(Cl)cc2[nH]1. The Balaban J connectivity index is 0.00000176. The van der Waals surface area contributed by atoms with Crippen LogP contribution in [0, 0.1) is 0 Å². The van der Waals surface area contributed by atoms with Crippen molar-refractivity contribution in [2.75, 3.05) is 0 Å². The fourth-order valence-corrected chi connectivity index (χ4v) is 2.10. The maximum Gasteiger partial charge on any atom is 0.431 e. The highest BCUT2D eigenvalue weighted by molar-refractivity contribution is 6.32. The highest BCUT2D eigenvalue weighted by Gasteiger charge is 2.32. The molecule has 3 rings (SSSR count). The normalized spacial score (nSPS) is 11.3. The van der Waals surface area contributed by atoms with Crippen molar-refractivity contribution in [2.45, 2.75) is 6.18 Å². The molecule has 8 heteroatoms. The molecule has 3 aromatic rings. The van der Waals surface area contributed by atoms with Crippen LogP contribution in [0.25, 0.3) is 10.9 Å². The van der Waals surface area contributed by atoms with Gasteiger partial charge >= 0.3 is 6.18 Å². The second kappa shape index (κ2) is 6.06. The minimum atomic E-state index is -4.43. The topological polar surface area (TPSA) is 37.9 Å². The van der Waals surface area contributed by atoms with Gasteiger partial charge in [0.25, 0.3) is 0 Å². The van der Waals surface area contributed by atoms with Crippen molar-refractivity contribution < 1.29 is 17.9 Å². The van der Waals surface area contributed by atoms with E-state index in [0.717, 1.165) is 6.07 Å². The fraction of sp³-hybridized carbons (Fsp3) is 0.0714. The van der Waals surface area contributed by atoms with E-state index in [2.05, 4.69) is 9.97 Å². The summed E-state index contributed by atoms with van der Waals surface area (Å²) in [7, 11) is 0. The van der Waals surface area contributed by atoms with Gasteiger partial charge in [0.2, 0.25) is 0 Å². The molecule has 1 N–H and O–H groups in total. The van der Waals surface area contributed by atoms with Gasteiger partial charge in [0.1, 0.15) is 17.2 Å². The van der Waals surface area contributed by atoms with Gasteiger partial charge in [0.05, 0.1) is 5.02 Å². The average molecular weight is 349 g/mol. The van der Waals surface area contributed by atoms with Crippen LogP contribution in [0.3, 0.4) is 0 Å². The van der Waals surface area contributed by atoms with E-state index < -0.39 is 11.9 Å². The van der Waals surface area contributed by atoms with E-state index in [4.69, 9.17) is 16.3 Å². The standard InChI is InChI=1S/C14H8ClF3N2O.ClH/c15-10-7-11-8(6-13(20-11)14(16,17)18)5-12(10)21-9-1-3-19-4-2-9;/h1-7,20H;1H. The number of aromatic amines is 1. The van der Waals surface area contributed by atoms with Gasteiger partial charge in [0.15, 0.2) is 0 Å². The number of fused-ring (bicyclic) bond motifs is 1. The number of hydrogen-bond donors (Lipinski definition) is 1. The number of nitrogens with zero attached hydrogens (tertiary/aromatic N) is 1. The molecule has 0 atom stereocenters. The second-order valence-electron chi connectivity index (χ2n) is 4.34. The molecule has 0 bridgehead atoms. The molecule has 0 aliphatic heterocycles. The zero-order chi connectivity index (χ0) is 15.0. The molecule has 1 aromatic carbocycles. The Morgan fingerprint density at radius 1 is 1.09 bits per heavy atom. The third-order valence-corrected chi connectivity index (χ3v) is 3.15. The monoisotopic (exact) mass is 348 g/mol. The summed E-state index contributed by atoms with van der Waals surface area (Å²) >= 11 is 6.03. The van der Waals surface area contributed by atoms with Gasteiger partial charge in [-0.2, -0.15) is 13.2 Å². The van der Waals surface area contributed by atoms with E-state index in [0.29, 0.717) is 16.7 Å². The van der Waals surface area contributed by atoms with E-state index >= 15 is 0 Å². The van der Waals surface area contributed by atoms with Crippen molar-refractivity contribution >= 4 is 34.9 Å². The molecule has 0 unspecified atom stereocenters. The maximum atomic E-state index is 12.7. The van der Waals surface area contributed by atoms with Crippen molar-refractivity contribution in [3.8, 4) is 11.5 Å². The third kappa shape index (κ3) is 3.28. The first-order valence-corrected chi connectivity index (χ1v) is 6.28. The van der Waals surface area contributed by atoms with Gasteiger partial charge in [-0.05, 0) is 30.3 Å². The molecule has 0 aliphatic rings. The molecule has 0 aliphatic carbocycles. The quantitative estimate of drug-likeness (QED) is 0.668. The first-order chi connectivity index (χ1) is 9.93. The summed E-state index contributed by atoms with van der Waals surface area (Å²) in [4.78, 5) is 6.14. The number of alkyl halides is 3. The van der Waals surface area contributed by atoms with Crippen LogP contribution in [0.5, 0.6) is 11.5 Å². The molecule has 0 fully saturated rings. The van der Waals surface area contributed by atoms with Crippen LogP contribution in [0.15, 0.2) is 42.7 Å². The number of aromatic nitrogens is 2. The summed E-state index contributed by atoms with van der Waals surface area (Å²) in [6.45, 7) is 0. The number of halogens is 5. The zero-order valence-electron chi connectivity index (χ0n) is 10.8. The first-order valence-electron chi connectivity index (χ1n) is 5.91. The summed E-state index contributed by atoms with van der Waals surface area (Å²) in [6, 6.07) is 7.13. The number of benzene rings is 1. The van der Waals surface area contributed by atoms with Gasteiger partial charge in [0, 0.05) is 23.3 Å². The molecule has 0 amide bonds. The molecule has 22 heavy (non-hydrogen) atoms. The molecule has 0 saturated carbocycles. The number of H-pyrrole nitrogens is 1. The zero-order valence-corrected chi connectivity index (χ0v) is 12.4. The lowest BCUT2D eigenvalue weighted by molar-refractivity contribution is -0.140. The smallest absolute Gasteiger partial charge is 0.431 e. The predicted molar refractivity (Wildman–Crippen MR) is 79.9 cm³/mol. The minimum Gasteiger partial charge on any atom is -0.456 e. The summed E-state index contributed by atoms with van der Waals surface area (Å²) in [5, 5.41) is 0.589. The lowest BCUT2D eigenvalue weighted by Crippen LogP contribution is -2.04. The minimum absolute atomic E-state index is 0. The number of pyridine rings is 1. The van der Waals surface area contributed by atoms with Gasteiger partial charge in [-0.25, -0.2) is 0 Å². The van der Waals surface area contributed by atoms with Gasteiger partial charge in [-0.15, -0.1) is 12.4 Å². The number of ether oxygens (including phenoxy) is 1. The van der Waals surface area contributed by atoms with Gasteiger partial charge in [-0.3, -0.25) is 4.98 Å². The summed E-state index contributed by atoms with van der Waals surface area (Å²) in [5.74, 6) is 0.779. The lowest BCUT2D eigenvalue weighted by atomic mass is 10.2. The van der Waals surface area contributed by atoms with Gasteiger partial charge in [-0.1, -0.05) is 11.6 Å². The first kappa shape index (κ1) is 16.5. The van der Waals surface area contributed by atoms with Crippen molar-refractivity contribution in [3.63, 3.8) is 0 Å². The van der Waals surface area contributed by atoms with Crippen LogP contribution in [-0.4, -0.2) is 9.97 Å². The molecular formula is C14H9Cl2F3N2O.